The summed E-state index contributed by atoms with van der Waals surface area (Å²) in [6.45, 7) is 1.65. The zero-order chi connectivity index (χ0) is 17.0. The first kappa shape index (κ1) is 16.6. The van der Waals surface area contributed by atoms with Gasteiger partial charge >= 0.3 is 11.9 Å². The number of amides is 1. The van der Waals surface area contributed by atoms with Gasteiger partial charge in [0.05, 0.1) is 25.5 Å². The molecule has 0 aliphatic heterocycles. The van der Waals surface area contributed by atoms with Crippen LogP contribution >= 0.6 is 11.3 Å². The van der Waals surface area contributed by atoms with Crippen molar-refractivity contribution in [2.75, 3.05) is 19.5 Å². The third-order valence-corrected chi connectivity index (χ3v) is 3.99. The highest BCUT2D eigenvalue weighted by molar-refractivity contribution is 7.17. The molecule has 7 nitrogen and oxygen atoms in total. The molecule has 0 fully saturated rings. The van der Waals surface area contributed by atoms with Gasteiger partial charge in [0.15, 0.2) is 5.13 Å². The standard InChI is InChI=1S/C15H14N2O5S/c1-8-11(14(20)22-3)23-15(16-8)17-12(18)9-5-4-6-10(7-9)13(19)21-2/h4-7H,1-3H3,(H,16,17,18). The summed E-state index contributed by atoms with van der Waals surface area (Å²) in [5.41, 5.74) is 1.02. The summed E-state index contributed by atoms with van der Waals surface area (Å²) >= 11 is 1.02. The van der Waals surface area contributed by atoms with Gasteiger partial charge < -0.3 is 9.47 Å². The van der Waals surface area contributed by atoms with Crippen LogP contribution in [0, 0.1) is 6.92 Å². The number of nitrogens with zero attached hydrogens (tertiary/aromatic N) is 1. The van der Waals surface area contributed by atoms with Crippen molar-refractivity contribution in [3.63, 3.8) is 0 Å². The normalized spacial score (nSPS) is 10.0. The zero-order valence-electron chi connectivity index (χ0n) is 12.7. The van der Waals surface area contributed by atoms with Crippen LogP contribution in [0.15, 0.2) is 24.3 Å². The van der Waals surface area contributed by atoms with Gasteiger partial charge in [0.2, 0.25) is 0 Å². The number of methoxy groups -OCH3 is 2. The van der Waals surface area contributed by atoms with E-state index in [1.807, 2.05) is 0 Å². The maximum Gasteiger partial charge on any atom is 0.350 e. The molecule has 1 N–H and O–H groups in total. The summed E-state index contributed by atoms with van der Waals surface area (Å²) in [5.74, 6) is -1.48. The quantitative estimate of drug-likeness (QED) is 0.862. The molecule has 0 atom stereocenters. The average Bonchev–Trinajstić information content (AvgIpc) is 2.93. The second-order valence-electron chi connectivity index (χ2n) is 4.45. The van der Waals surface area contributed by atoms with Gasteiger partial charge in [0.25, 0.3) is 5.91 Å². The summed E-state index contributed by atoms with van der Waals surface area (Å²) in [4.78, 5) is 39.7. The highest BCUT2D eigenvalue weighted by atomic mass is 32.1. The molecule has 1 aromatic heterocycles. The summed E-state index contributed by atoms with van der Waals surface area (Å²) < 4.78 is 9.26. The van der Waals surface area contributed by atoms with E-state index in [-0.39, 0.29) is 16.3 Å². The van der Waals surface area contributed by atoms with E-state index in [9.17, 15) is 14.4 Å². The molecule has 2 rings (SSSR count). The summed E-state index contributed by atoms with van der Waals surface area (Å²) in [6, 6.07) is 6.10. The van der Waals surface area contributed by atoms with Gasteiger partial charge in [-0.25, -0.2) is 14.6 Å². The van der Waals surface area contributed by atoms with Crippen LogP contribution in [0.5, 0.6) is 0 Å². The van der Waals surface area contributed by atoms with Crippen LogP contribution in [-0.4, -0.2) is 37.0 Å². The van der Waals surface area contributed by atoms with Crippen molar-refractivity contribution in [3.8, 4) is 0 Å². The lowest BCUT2D eigenvalue weighted by molar-refractivity contribution is 0.0593. The number of carbonyl (C=O) groups is 3. The van der Waals surface area contributed by atoms with Crippen LogP contribution in [0.2, 0.25) is 0 Å². The Labute approximate surface area is 136 Å². The molecule has 0 aliphatic rings. The van der Waals surface area contributed by atoms with Crippen molar-refractivity contribution in [2.45, 2.75) is 6.92 Å². The van der Waals surface area contributed by atoms with Gasteiger partial charge in [-0.05, 0) is 25.1 Å². The molecule has 0 spiro atoms. The fourth-order valence-corrected chi connectivity index (χ4v) is 2.69. The number of anilines is 1. The van der Waals surface area contributed by atoms with E-state index in [2.05, 4.69) is 19.8 Å². The average molecular weight is 334 g/mol. The smallest absolute Gasteiger partial charge is 0.350 e. The lowest BCUT2D eigenvalue weighted by atomic mass is 10.1. The number of esters is 2. The molecule has 8 heteroatoms. The molecule has 0 saturated heterocycles. The summed E-state index contributed by atoms with van der Waals surface area (Å²) in [6.07, 6.45) is 0. The van der Waals surface area contributed by atoms with Gasteiger partial charge in [0.1, 0.15) is 4.88 Å². The van der Waals surface area contributed by atoms with Gasteiger partial charge in [-0.1, -0.05) is 17.4 Å². The number of benzene rings is 1. The monoisotopic (exact) mass is 334 g/mol. The topological polar surface area (TPSA) is 94.6 Å². The van der Waals surface area contributed by atoms with E-state index >= 15 is 0 Å². The third kappa shape index (κ3) is 3.72. The van der Waals surface area contributed by atoms with E-state index in [0.717, 1.165) is 11.3 Å². The predicted molar refractivity (Wildman–Crippen MR) is 83.9 cm³/mol. The van der Waals surface area contributed by atoms with Crippen LogP contribution in [0.25, 0.3) is 0 Å². The molecule has 0 radical (unpaired) electrons. The first-order valence-electron chi connectivity index (χ1n) is 6.51. The number of aryl methyl sites for hydroxylation is 1. The Morgan fingerprint density at radius 2 is 1.74 bits per heavy atom. The van der Waals surface area contributed by atoms with Gasteiger partial charge in [-0.2, -0.15) is 0 Å². The van der Waals surface area contributed by atoms with E-state index in [1.165, 1.54) is 20.3 Å². The molecule has 1 aromatic carbocycles. The van der Waals surface area contributed by atoms with Crippen LogP contribution in [0.3, 0.4) is 0 Å². The number of nitrogens with one attached hydrogen (secondary N) is 1. The molecular weight excluding hydrogens is 320 g/mol. The Balaban J connectivity index is 2.19. The Morgan fingerprint density at radius 3 is 2.39 bits per heavy atom. The molecule has 0 aliphatic carbocycles. The van der Waals surface area contributed by atoms with Gasteiger partial charge in [-0.15, -0.1) is 0 Å². The van der Waals surface area contributed by atoms with Crippen molar-refractivity contribution in [1.29, 1.82) is 0 Å². The number of ether oxygens (including phenoxy) is 2. The fourth-order valence-electron chi connectivity index (χ4n) is 1.81. The zero-order valence-corrected chi connectivity index (χ0v) is 13.5. The number of rotatable bonds is 4. The minimum Gasteiger partial charge on any atom is -0.465 e. The molecule has 0 bridgehead atoms. The fraction of sp³-hybridized carbons (Fsp3) is 0.200. The molecule has 23 heavy (non-hydrogen) atoms. The summed E-state index contributed by atoms with van der Waals surface area (Å²) in [5, 5.41) is 2.87. The number of hydrogen-bond acceptors (Lipinski definition) is 7. The van der Waals surface area contributed by atoms with E-state index < -0.39 is 17.8 Å². The first-order valence-corrected chi connectivity index (χ1v) is 7.33. The lowest BCUT2D eigenvalue weighted by Gasteiger charge is -2.04. The van der Waals surface area contributed by atoms with Crippen LogP contribution in [-0.2, 0) is 9.47 Å². The number of hydrogen-bond donors (Lipinski definition) is 1. The summed E-state index contributed by atoms with van der Waals surface area (Å²) in [7, 11) is 2.54. The molecule has 120 valence electrons. The molecule has 1 heterocycles. The van der Waals surface area contributed by atoms with Crippen molar-refractivity contribution >= 4 is 34.3 Å². The molecule has 2 aromatic rings. The van der Waals surface area contributed by atoms with Gasteiger partial charge in [0, 0.05) is 5.56 Å². The van der Waals surface area contributed by atoms with E-state index in [1.54, 1.807) is 25.1 Å². The molecule has 0 unspecified atom stereocenters. The SMILES string of the molecule is COC(=O)c1cccc(C(=O)Nc2nc(C)c(C(=O)OC)s2)c1. The lowest BCUT2D eigenvalue weighted by Crippen LogP contribution is -2.13. The largest absolute Gasteiger partial charge is 0.465 e. The third-order valence-electron chi connectivity index (χ3n) is 2.93. The predicted octanol–water partition coefficient (Wildman–Crippen LogP) is 2.28. The van der Waals surface area contributed by atoms with Crippen molar-refractivity contribution in [1.82, 2.24) is 4.98 Å². The van der Waals surface area contributed by atoms with Crippen molar-refractivity contribution in [3.05, 3.63) is 46.0 Å². The maximum atomic E-state index is 12.2. The second kappa shape index (κ2) is 7.01. The molecular formula is C15H14N2O5S. The van der Waals surface area contributed by atoms with Crippen LogP contribution in [0.1, 0.15) is 36.1 Å². The van der Waals surface area contributed by atoms with Crippen molar-refractivity contribution in [2.24, 2.45) is 0 Å². The molecule has 0 saturated carbocycles. The van der Waals surface area contributed by atoms with Gasteiger partial charge in [-0.3, -0.25) is 10.1 Å². The Kier molecular flexibility index (Phi) is 5.07. The Bertz CT molecular complexity index is 769. The Morgan fingerprint density at radius 1 is 1.09 bits per heavy atom. The minimum atomic E-state index is -0.530. The maximum absolute atomic E-state index is 12.2. The number of carbonyl (C=O) groups excluding carboxylic acids is 3. The Hall–Kier alpha value is -2.74. The number of aromatic nitrogens is 1. The first-order chi connectivity index (χ1) is 11.0. The number of thiazole rings is 1. The van der Waals surface area contributed by atoms with E-state index in [4.69, 9.17) is 0 Å². The second-order valence-corrected chi connectivity index (χ2v) is 5.45. The van der Waals surface area contributed by atoms with E-state index in [0.29, 0.717) is 10.6 Å². The van der Waals surface area contributed by atoms with Crippen molar-refractivity contribution < 1.29 is 23.9 Å². The van der Waals surface area contributed by atoms with Crippen LogP contribution in [0.4, 0.5) is 5.13 Å². The highest BCUT2D eigenvalue weighted by Crippen LogP contribution is 2.23. The van der Waals surface area contributed by atoms with Crippen LogP contribution < -0.4 is 5.32 Å². The molecule has 1 amide bonds. The highest BCUT2D eigenvalue weighted by Gasteiger charge is 2.18. The minimum absolute atomic E-state index is 0.269.